The molecule has 2 rings (SSSR count). The fraction of sp³-hybridized carbons (Fsp3) is 0.556. The maximum absolute atomic E-state index is 12.5. The number of nitrogens with zero attached hydrogens (tertiary/aromatic N) is 2. The molecular formula is C9H10F3N3OS. The largest absolute Gasteiger partial charge is 0.433 e. The van der Waals surface area contributed by atoms with Crippen molar-refractivity contribution in [1.82, 2.24) is 9.97 Å². The highest BCUT2D eigenvalue weighted by molar-refractivity contribution is 7.99. The topological polar surface area (TPSA) is 49.0 Å². The van der Waals surface area contributed by atoms with Crippen molar-refractivity contribution in [3.8, 4) is 0 Å². The highest BCUT2D eigenvalue weighted by Crippen LogP contribution is 2.27. The molecule has 1 aliphatic heterocycles. The smallest absolute Gasteiger partial charge is 0.341 e. The lowest BCUT2D eigenvalue weighted by molar-refractivity contribution is -0.141. The van der Waals surface area contributed by atoms with Gasteiger partial charge >= 0.3 is 6.18 Å². The number of hydrogen-bond acceptors (Lipinski definition) is 4. The van der Waals surface area contributed by atoms with Gasteiger partial charge in [-0.05, 0) is 0 Å². The van der Waals surface area contributed by atoms with Crippen LogP contribution in [0.15, 0.2) is 10.9 Å². The fourth-order valence-corrected chi connectivity index (χ4v) is 2.42. The van der Waals surface area contributed by atoms with E-state index >= 15 is 0 Å². The summed E-state index contributed by atoms with van der Waals surface area (Å²) >= 11 is 1.72. The zero-order valence-electron chi connectivity index (χ0n) is 8.75. The summed E-state index contributed by atoms with van der Waals surface area (Å²) in [7, 11) is 0. The van der Waals surface area contributed by atoms with Crippen molar-refractivity contribution < 1.29 is 13.2 Å². The minimum Gasteiger partial charge on any atom is -0.341 e. The van der Waals surface area contributed by atoms with Gasteiger partial charge in [-0.15, -0.1) is 0 Å². The summed E-state index contributed by atoms with van der Waals surface area (Å²) in [6.45, 7) is 1.18. The number of hydrogen-bond donors (Lipinski definition) is 1. The van der Waals surface area contributed by atoms with Gasteiger partial charge in [0.2, 0.25) is 5.95 Å². The van der Waals surface area contributed by atoms with Crippen LogP contribution < -0.4 is 10.5 Å². The van der Waals surface area contributed by atoms with Crippen LogP contribution in [0.1, 0.15) is 5.69 Å². The first-order valence-electron chi connectivity index (χ1n) is 4.98. The van der Waals surface area contributed by atoms with E-state index in [4.69, 9.17) is 0 Å². The van der Waals surface area contributed by atoms with Crippen molar-refractivity contribution >= 4 is 17.7 Å². The number of nitrogens with one attached hydrogen (secondary N) is 1. The molecule has 0 aromatic carbocycles. The number of alkyl halides is 3. The summed E-state index contributed by atoms with van der Waals surface area (Å²) in [5, 5.41) is 0. The van der Waals surface area contributed by atoms with Crippen LogP contribution in [0.3, 0.4) is 0 Å². The van der Waals surface area contributed by atoms with Gasteiger partial charge in [0.1, 0.15) is 0 Å². The van der Waals surface area contributed by atoms with Crippen LogP contribution in [0.25, 0.3) is 0 Å². The van der Waals surface area contributed by atoms with Crippen molar-refractivity contribution in [3.05, 3.63) is 22.1 Å². The molecule has 2 heterocycles. The molecule has 0 atom stereocenters. The number of H-pyrrole nitrogens is 1. The maximum atomic E-state index is 12.5. The second-order valence-corrected chi connectivity index (χ2v) is 4.78. The Bertz CT molecular complexity index is 454. The minimum atomic E-state index is -4.59. The third-order valence-electron chi connectivity index (χ3n) is 2.33. The summed E-state index contributed by atoms with van der Waals surface area (Å²) < 4.78 is 37.4. The Morgan fingerprint density at radius 3 is 2.59 bits per heavy atom. The lowest BCUT2D eigenvalue weighted by atomic mass is 10.4. The van der Waals surface area contributed by atoms with E-state index in [2.05, 4.69) is 9.97 Å². The first-order valence-corrected chi connectivity index (χ1v) is 6.13. The Hall–Kier alpha value is -1.18. The number of rotatable bonds is 1. The van der Waals surface area contributed by atoms with Crippen molar-refractivity contribution in [2.45, 2.75) is 6.18 Å². The van der Waals surface area contributed by atoms with Gasteiger partial charge in [0, 0.05) is 30.7 Å². The van der Waals surface area contributed by atoms with Crippen LogP contribution in [-0.4, -0.2) is 34.6 Å². The molecule has 0 amide bonds. The van der Waals surface area contributed by atoms with Gasteiger partial charge in [-0.2, -0.15) is 24.9 Å². The van der Waals surface area contributed by atoms with E-state index in [1.54, 1.807) is 16.7 Å². The molecule has 17 heavy (non-hydrogen) atoms. The third kappa shape index (κ3) is 2.93. The van der Waals surface area contributed by atoms with Crippen molar-refractivity contribution in [3.63, 3.8) is 0 Å². The van der Waals surface area contributed by atoms with Gasteiger partial charge in [-0.1, -0.05) is 0 Å². The molecule has 1 fully saturated rings. The average Bonchev–Trinajstić information content (AvgIpc) is 2.28. The van der Waals surface area contributed by atoms with Crippen LogP contribution in [0.5, 0.6) is 0 Å². The van der Waals surface area contributed by atoms with Crippen LogP contribution in [-0.2, 0) is 6.18 Å². The molecule has 0 radical (unpaired) electrons. The molecule has 1 aliphatic rings. The lowest BCUT2D eigenvalue weighted by Crippen LogP contribution is -2.35. The monoisotopic (exact) mass is 265 g/mol. The van der Waals surface area contributed by atoms with E-state index in [0.29, 0.717) is 19.2 Å². The molecule has 1 aromatic rings. The Labute approximate surface area is 99.2 Å². The molecule has 4 nitrogen and oxygen atoms in total. The zero-order chi connectivity index (χ0) is 12.5. The molecule has 1 saturated heterocycles. The van der Waals surface area contributed by atoms with Crippen LogP contribution in [0.2, 0.25) is 0 Å². The normalized spacial score (nSPS) is 17.2. The van der Waals surface area contributed by atoms with Gasteiger partial charge < -0.3 is 4.90 Å². The molecule has 8 heteroatoms. The highest BCUT2D eigenvalue weighted by Gasteiger charge is 2.34. The predicted molar refractivity (Wildman–Crippen MR) is 59.4 cm³/mol. The first-order chi connectivity index (χ1) is 7.97. The molecule has 1 N–H and O–H groups in total. The second kappa shape index (κ2) is 4.59. The molecule has 1 aromatic heterocycles. The summed E-state index contributed by atoms with van der Waals surface area (Å²) in [5.41, 5.74) is -1.92. The zero-order valence-corrected chi connectivity index (χ0v) is 9.57. The maximum Gasteiger partial charge on any atom is 0.433 e. The molecule has 0 bridgehead atoms. The van der Waals surface area contributed by atoms with Gasteiger partial charge in [-0.3, -0.25) is 9.78 Å². The molecule has 0 aliphatic carbocycles. The Morgan fingerprint density at radius 2 is 2.00 bits per heavy atom. The Kier molecular flexibility index (Phi) is 3.32. The number of halogens is 3. The number of aromatic nitrogens is 2. The summed E-state index contributed by atoms with van der Waals surface area (Å²) in [4.78, 5) is 18.6. The molecule has 0 saturated carbocycles. The Balaban J connectivity index is 2.34. The van der Waals surface area contributed by atoms with Gasteiger partial charge in [0.05, 0.1) is 0 Å². The van der Waals surface area contributed by atoms with Crippen molar-refractivity contribution in [1.29, 1.82) is 0 Å². The SMILES string of the molecule is O=c1cc(C(F)(F)F)nc(N2CCSCC2)[nH]1. The van der Waals surface area contributed by atoms with Crippen LogP contribution >= 0.6 is 11.8 Å². The summed E-state index contributed by atoms with van der Waals surface area (Å²) in [6, 6.07) is 0.474. The molecule has 0 unspecified atom stereocenters. The second-order valence-electron chi connectivity index (χ2n) is 3.55. The van der Waals surface area contributed by atoms with E-state index in [0.717, 1.165) is 11.5 Å². The third-order valence-corrected chi connectivity index (χ3v) is 3.27. The quantitative estimate of drug-likeness (QED) is 0.832. The standard InChI is InChI=1S/C9H10F3N3OS/c10-9(11,12)6-5-7(16)14-8(13-6)15-1-3-17-4-2-15/h5H,1-4H2,(H,13,14,16). The minimum absolute atomic E-state index is 0.00475. The van der Waals surface area contributed by atoms with Gasteiger partial charge in [0.25, 0.3) is 5.56 Å². The van der Waals surface area contributed by atoms with Crippen LogP contribution in [0, 0.1) is 0 Å². The van der Waals surface area contributed by atoms with E-state index in [1.807, 2.05) is 0 Å². The average molecular weight is 265 g/mol. The summed E-state index contributed by atoms with van der Waals surface area (Å²) in [5.74, 6) is 1.64. The first kappa shape index (κ1) is 12.3. The number of thioether (sulfide) groups is 1. The number of aromatic amines is 1. The van der Waals surface area contributed by atoms with E-state index < -0.39 is 17.4 Å². The lowest BCUT2D eigenvalue weighted by Gasteiger charge is -2.26. The van der Waals surface area contributed by atoms with Gasteiger partial charge in [-0.25, -0.2) is 4.98 Å². The molecule has 0 spiro atoms. The van der Waals surface area contributed by atoms with E-state index in [-0.39, 0.29) is 5.95 Å². The highest BCUT2D eigenvalue weighted by atomic mass is 32.2. The molecule has 94 valence electrons. The van der Waals surface area contributed by atoms with E-state index in [9.17, 15) is 18.0 Å². The Morgan fingerprint density at radius 1 is 1.35 bits per heavy atom. The van der Waals surface area contributed by atoms with Crippen LogP contribution in [0.4, 0.5) is 19.1 Å². The molecular weight excluding hydrogens is 255 g/mol. The number of anilines is 1. The van der Waals surface area contributed by atoms with Crippen molar-refractivity contribution in [2.24, 2.45) is 0 Å². The van der Waals surface area contributed by atoms with Crippen molar-refractivity contribution in [2.75, 3.05) is 29.5 Å². The predicted octanol–water partition coefficient (Wildman–Crippen LogP) is 1.34. The summed E-state index contributed by atoms with van der Waals surface area (Å²) in [6.07, 6.45) is -4.59. The van der Waals surface area contributed by atoms with E-state index in [1.165, 1.54) is 0 Å². The fourth-order valence-electron chi connectivity index (χ4n) is 1.51. The van der Waals surface area contributed by atoms with Gasteiger partial charge in [0.15, 0.2) is 5.69 Å².